The van der Waals surface area contributed by atoms with Crippen LogP contribution in [0.15, 0.2) is 35.5 Å². The van der Waals surface area contributed by atoms with Crippen LogP contribution in [0, 0.1) is 0 Å². The van der Waals surface area contributed by atoms with Gasteiger partial charge in [0.1, 0.15) is 5.82 Å². The molecule has 3 amide bonds. The SMILES string of the molecule is C[C@@H](Sc1nnc(Cc2ccccc2)n1C)C(=O)NC(=O)NC(C)(C)C. The molecule has 8 heteroatoms. The molecule has 2 aromatic rings. The van der Waals surface area contributed by atoms with Gasteiger partial charge in [0.05, 0.1) is 5.25 Å². The van der Waals surface area contributed by atoms with Gasteiger partial charge in [-0.05, 0) is 33.3 Å². The molecule has 0 spiro atoms. The first-order valence-corrected chi connectivity index (χ1v) is 9.25. The van der Waals surface area contributed by atoms with Gasteiger partial charge in [0.15, 0.2) is 5.16 Å². The average Bonchev–Trinajstić information content (AvgIpc) is 2.87. The molecule has 0 aliphatic heterocycles. The Morgan fingerprint density at radius 3 is 2.46 bits per heavy atom. The van der Waals surface area contributed by atoms with Crippen LogP contribution < -0.4 is 10.6 Å². The van der Waals surface area contributed by atoms with Crippen molar-refractivity contribution in [2.75, 3.05) is 0 Å². The minimum absolute atomic E-state index is 0.371. The first-order chi connectivity index (χ1) is 12.2. The van der Waals surface area contributed by atoms with Crippen LogP contribution in [0.5, 0.6) is 0 Å². The summed E-state index contributed by atoms with van der Waals surface area (Å²) in [5.74, 6) is 0.446. The van der Waals surface area contributed by atoms with Gasteiger partial charge in [-0.1, -0.05) is 42.1 Å². The van der Waals surface area contributed by atoms with E-state index in [4.69, 9.17) is 0 Å². The van der Waals surface area contributed by atoms with E-state index in [0.29, 0.717) is 11.6 Å². The molecule has 0 aliphatic carbocycles. The molecule has 7 nitrogen and oxygen atoms in total. The first-order valence-electron chi connectivity index (χ1n) is 8.37. The largest absolute Gasteiger partial charge is 0.333 e. The van der Waals surface area contributed by atoms with Crippen LogP contribution in [0.25, 0.3) is 0 Å². The molecule has 140 valence electrons. The summed E-state index contributed by atoms with van der Waals surface area (Å²) in [5, 5.41) is 13.6. The standard InChI is InChI=1S/C18H25N5O2S/c1-12(15(24)19-16(25)20-18(2,3)4)26-17-22-21-14(23(17)5)11-13-9-7-6-8-10-13/h6-10,12H,11H2,1-5H3,(H2,19,20,24,25)/t12-/m1/s1. The Morgan fingerprint density at radius 1 is 1.19 bits per heavy atom. The smallest absolute Gasteiger partial charge is 0.321 e. The van der Waals surface area contributed by atoms with Crippen molar-refractivity contribution in [3.05, 3.63) is 41.7 Å². The van der Waals surface area contributed by atoms with Crippen molar-refractivity contribution in [3.8, 4) is 0 Å². The summed E-state index contributed by atoms with van der Waals surface area (Å²) in [4.78, 5) is 24.0. The zero-order valence-electron chi connectivity index (χ0n) is 15.7. The third-order valence-corrected chi connectivity index (χ3v) is 4.64. The van der Waals surface area contributed by atoms with E-state index in [1.807, 2.05) is 62.7 Å². The van der Waals surface area contributed by atoms with Crippen LogP contribution in [0.2, 0.25) is 0 Å². The summed E-state index contributed by atoms with van der Waals surface area (Å²) in [6, 6.07) is 9.50. The Balaban J connectivity index is 1.95. The molecule has 1 heterocycles. The van der Waals surface area contributed by atoms with Gasteiger partial charge in [-0.2, -0.15) is 0 Å². The van der Waals surface area contributed by atoms with E-state index in [2.05, 4.69) is 20.8 Å². The molecule has 2 rings (SSSR count). The highest BCUT2D eigenvalue weighted by Gasteiger charge is 2.22. The fraction of sp³-hybridized carbons (Fsp3) is 0.444. The van der Waals surface area contributed by atoms with E-state index < -0.39 is 16.8 Å². The molecule has 0 saturated heterocycles. The van der Waals surface area contributed by atoms with E-state index >= 15 is 0 Å². The van der Waals surface area contributed by atoms with E-state index in [9.17, 15) is 9.59 Å². The molecule has 0 fully saturated rings. The second-order valence-electron chi connectivity index (χ2n) is 7.07. The number of benzene rings is 1. The third-order valence-electron chi connectivity index (χ3n) is 3.51. The molecule has 0 unspecified atom stereocenters. The van der Waals surface area contributed by atoms with Gasteiger partial charge in [-0.15, -0.1) is 10.2 Å². The van der Waals surface area contributed by atoms with Gasteiger partial charge in [-0.3, -0.25) is 10.1 Å². The maximum absolute atomic E-state index is 12.2. The number of imide groups is 1. The lowest BCUT2D eigenvalue weighted by molar-refractivity contribution is -0.119. The van der Waals surface area contributed by atoms with E-state index in [1.54, 1.807) is 6.92 Å². The summed E-state index contributed by atoms with van der Waals surface area (Å²) in [7, 11) is 1.87. The summed E-state index contributed by atoms with van der Waals surface area (Å²) in [5.41, 5.74) is 0.737. The predicted octanol–water partition coefficient (Wildman–Crippen LogP) is 2.51. The molecule has 1 atom stereocenters. The maximum atomic E-state index is 12.2. The van der Waals surface area contributed by atoms with E-state index in [-0.39, 0.29) is 5.91 Å². The van der Waals surface area contributed by atoms with Crippen molar-refractivity contribution >= 4 is 23.7 Å². The summed E-state index contributed by atoms with van der Waals surface area (Å²) in [6.07, 6.45) is 0.666. The fourth-order valence-electron chi connectivity index (χ4n) is 2.18. The maximum Gasteiger partial charge on any atom is 0.321 e. The number of aromatic nitrogens is 3. The van der Waals surface area contributed by atoms with Crippen LogP contribution in [-0.2, 0) is 18.3 Å². The van der Waals surface area contributed by atoms with Crippen LogP contribution in [-0.4, -0.2) is 37.5 Å². The van der Waals surface area contributed by atoms with Gasteiger partial charge in [0.25, 0.3) is 0 Å². The number of amides is 3. The van der Waals surface area contributed by atoms with Crippen molar-refractivity contribution in [1.82, 2.24) is 25.4 Å². The van der Waals surface area contributed by atoms with Gasteiger partial charge >= 0.3 is 6.03 Å². The summed E-state index contributed by atoms with van der Waals surface area (Å²) >= 11 is 1.27. The lowest BCUT2D eigenvalue weighted by Gasteiger charge is -2.21. The number of nitrogens with one attached hydrogen (secondary N) is 2. The minimum atomic E-state index is -0.502. The molecule has 1 aromatic carbocycles. The highest BCUT2D eigenvalue weighted by atomic mass is 32.2. The topological polar surface area (TPSA) is 88.9 Å². The normalized spacial score (nSPS) is 12.5. The molecular weight excluding hydrogens is 350 g/mol. The Morgan fingerprint density at radius 2 is 1.85 bits per heavy atom. The Labute approximate surface area is 158 Å². The molecule has 26 heavy (non-hydrogen) atoms. The van der Waals surface area contributed by atoms with Crippen molar-refractivity contribution in [2.24, 2.45) is 7.05 Å². The average molecular weight is 375 g/mol. The highest BCUT2D eigenvalue weighted by molar-refractivity contribution is 8.00. The molecule has 0 bridgehead atoms. The summed E-state index contributed by atoms with van der Waals surface area (Å²) < 4.78 is 1.87. The fourth-order valence-corrected chi connectivity index (χ4v) is 3.01. The Kier molecular flexibility index (Phi) is 6.42. The predicted molar refractivity (Wildman–Crippen MR) is 102 cm³/mol. The Bertz CT molecular complexity index is 768. The lowest BCUT2D eigenvalue weighted by Crippen LogP contribution is -2.49. The molecule has 0 radical (unpaired) electrons. The minimum Gasteiger partial charge on any atom is -0.333 e. The number of thioether (sulfide) groups is 1. The van der Waals surface area contributed by atoms with E-state index in [1.165, 1.54) is 11.8 Å². The van der Waals surface area contributed by atoms with Crippen molar-refractivity contribution in [1.29, 1.82) is 0 Å². The zero-order chi connectivity index (χ0) is 19.3. The van der Waals surface area contributed by atoms with Crippen LogP contribution in [0.4, 0.5) is 4.79 Å². The molecule has 0 aliphatic rings. The first kappa shape index (κ1) is 20.0. The zero-order valence-corrected chi connectivity index (χ0v) is 16.6. The second-order valence-corrected chi connectivity index (χ2v) is 8.38. The Hall–Kier alpha value is -2.35. The summed E-state index contributed by atoms with van der Waals surface area (Å²) in [6.45, 7) is 7.28. The van der Waals surface area contributed by atoms with Crippen LogP contribution in [0.3, 0.4) is 0 Å². The van der Waals surface area contributed by atoms with Gasteiger partial charge < -0.3 is 9.88 Å². The molecule has 2 N–H and O–H groups in total. The number of carbonyl (C=O) groups is 2. The third kappa shape index (κ3) is 5.87. The van der Waals surface area contributed by atoms with Crippen LogP contribution >= 0.6 is 11.8 Å². The molecule has 1 aromatic heterocycles. The van der Waals surface area contributed by atoms with Crippen molar-refractivity contribution in [2.45, 2.75) is 50.1 Å². The number of rotatable bonds is 5. The number of carbonyl (C=O) groups excluding carboxylic acids is 2. The number of hydrogen-bond donors (Lipinski definition) is 2. The van der Waals surface area contributed by atoms with E-state index in [0.717, 1.165) is 11.4 Å². The van der Waals surface area contributed by atoms with Gasteiger partial charge in [-0.25, -0.2) is 4.79 Å². The quantitative estimate of drug-likeness (QED) is 0.784. The number of urea groups is 1. The van der Waals surface area contributed by atoms with Crippen molar-refractivity contribution in [3.63, 3.8) is 0 Å². The molecule has 0 saturated carbocycles. The highest BCUT2D eigenvalue weighted by Crippen LogP contribution is 2.22. The van der Waals surface area contributed by atoms with Gasteiger partial charge in [0, 0.05) is 19.0 Å². The number of nitrogens with zero attached hydrogens (tertiary/aromatic N) is 3. The number of hydrogen-bond acceptors (Lipinski definition) is 5. The second kappa shape index (κ2) is 8.35. The van der Waals surface area contributed by atoms with Crippen molar-refractivity contribution < 1.29 is 9.59 Å². The molecular formula is C18H25N5O2S. The van der Waals surface area contributed by atoms with Gasteiger partial charge in [0.2, 0.25) is 5.91 Å². The van der Waals surface area contributed by atoms with Crippen LogP contribution in [0.1, 0.15) is 39.1 Å². The lowest BCUT2D eigenvalue weighted by atomic mass is 10.1. The monoisotopic (exact) mass is 375 g/mol.